The highest BCUT2D eigenvalue weighted by atomic mass is 16.6. The Balaban J connectivity index is 2.32. The Morgan fingerprint density at radius 1 is 1.41 bits per heavy atom. The molecule has 0 N–H and O–H groups in total. The van der Waals surface area contributed by atoms with Crippen molar-refractivity contribution in [1.29, 1.82) is 0 Å². The van der Waals surface area contributed by atoms with Gasteiger partial charge in [-0.1, -0.05) is 25.5 Å². The van der Waals surface area contributed by atoms with Crippen LogP contribution in [-0.4, -0.2) is 17.7 Å². The number of nitrogens with zero attached hydrogens (tertiary/aromatic N) is 1. The van der Waals surface area contributed by atoms with Crippen LogP contribution in [0.1, 0.15) is 65.9 Å². The van der Waals surface area contributed by atoms with Crippen LogP contribution in [0.3, 0.4) is 0 Å². The van der Waals surface area contributed by atoms with Crippen LogP contribution in [0.15, 0.2) is 28.4 Å². The highest BCUT2D eigenvalue weighted by Gasteiger charge is 2.34. The summed E-state index contributed by atoms with van der Waals surface area (Å²) in [5.74, 6) is 0.927. The van der Waals surface area contributed by atoms with Crippen molar-refractivity contribution in [2.75, 3.05) is 4.90 Å². The molecule has 1 aromatic heterocycles. The minimum atomic E-state index is -0.529. The van der Waals surface area contributed by atoms with Crippen LogP contribution in [0.2, 0.25) is 0 Å². The second-order valence-electron chi connectivity index (χ2n) is 7.26. The van der Waals surface area contributed by atoms with Gasteiger partial charge in [0.1, 0.15) is 5.60 Å². The van der Waals surface area contributed by atoms with Crippen molar-refractivity contribution in [3.63, 3.8) is 0 Å². The van der Waals surface area contributed by atoms with Gasteiger partial charge in [-0.05, 0) is 52.0 Å². The van der Waals surface area contributed by atoms with Crippen molar-refractivity contribution in [2.24, 2.45) is 0 Å². The molecule has 1 aliphatic rings. The van der Waals surface area contributed by atoms with Gasteiger partial charge in [0.25, 0.3) is 0 Å². The Hall–Kier alpha value is -1.71. The van der Waals surface area contributed by atoms with E-state index < -0.39 is 5.60 Å². The fourth-order valence-corrected chi connectivity index (χ4v) is 2.62. The number of rotatable bonds is 3. The molecule has 1 atom stereocenters. The summed E-state index contributed by atoms with van der Waals surface area (Å²) in [6.45, 7) is 11.9. The number of carbonyl (C=O) groups excluding carboxylic acids is 1. The predicted molar refractivity (Wildman–Crippen MR) is 88.3 cm³/mol. The summed E-state index contributed by atoms with van der Waals surface area (Å²) >= 11 is 0. The highest BCUT2D eigenvalue weighted by molar-refractivity contribution is 5.88. The number of allylic oxidation sites excluding steroid dienone is 1. The molecule has 0 fully saturated rings. The lowest BCUT2D eigenvalue weighted by molar-refractivity contribution is 0.0563. The van der Waals surface area contributed by atoms with Gasteiger partial charge in [0, 0.05) is 6.07 Å². The fourth-order valence-electron chi connectivity index (χ4n) is 2.62. The lowest BCUT2D eigenvalue weighted by Crippen LogP contribution is -2.43. The zero-order chi connectivity index (χ0) is 16.5. The summed E-state index contributed by atoms with van der Waals surface area (Å²) in [6.07, 6.45) is 5.44. The topological polar surface area (TPSA) is 42.7 Å². The van der Waals surface area contributed by atoms with Gasteiger partial charge in [0.15, 0.2) is 0 Å². The molecule has 1 heterocycles. The van der Waals surface area contributed by atoms with Gasteiger partial charge in [-0.25, -0.2) is 9.69 Å². The highest BCUT2D eigenvalue weighted by Crippen LogP contribution is 2.32. The van der Waals surface area contributed by atoms with E-state index in [1.807, 2.05) is 26.8 Å². The van der Waals surface area contributed by atoms with Crippen molar-refractivity contribution in [1.82, 2.24) is 0 Å². The van der Waals surface area contributed by atoms with Gasteiger partial charge in [-0.15, -0.1) is 0 Å². The Labute approximate surface area is 133 Å². The monoisotopic (exact) mass is 305 g/mol. The average Bonchev–Trinajstić information content (AvgIpc) is 2.98. The number of hydrogen-bond acceptors (Lipinski definition) is 3. The molecule has 1 aromatic rings. The molecule has 2 rings (SSSR count). The summed E-state index contributed by atoms with van der Waals surface area (Å²) < 4.78 is 11.3. The first-order chi connectivity index (χ1) is 10.2. The number of ether oxygens (including phenoxy) is 1. The van der Waals surface area contributed by atoms with Crippen LogP contribution >= 0.6 is 0 Å². The normalized spacial score (nSPS) is 18.5. The first-order valence-electron chi connectivity index (χ1n) is 7.96. The Morgan fingerprint density at radius 3 is 2.55 bits per heavy atom. The summed E-state index contributed by atoms with van der Waals surface area (Å²) in [6, 6.07) is 1.96. The predicted octanol–water partition coefficient (Wildman–Crippen LogP) is 5.25. The average molecular weight is 305 g/mol. The smallest absolute Gasteiger partial charge is 0.417 e. The second-order valence-corrected chi connectivity index (χ2v) is 7.26. The number of hydrogen-bond donors (Lipinski definition) is 0. The van der Waals surface area contributed by atoms with Crippen LogP contribution in [0.4, 0.5) is 10.7 Å². The lowest BCUT2D eigenvalue weighted by Gasteiger charge is -2.30. The first kappa shape index (κ1) is 16.7. The molecule has 1 amide bonds. The zero-order valence-corrected chi connectivity index (χ0v) is 14.5. The van der Waals surface area contributed by atoms with Gasteiger partial charge in [-0.2, -0.15) is 0 Å². The summed E-state index contributed by atoms with van der Waals surface area (Å²) in [5, 5.41) is 0. The summed E-state index contributed by atoms with van der Waals surface area (Å²) in [5.41, 5.74) is 1.75. The Morgan fingerprint density at radius 2 is 2.09 bits per heavy atom. The SMILES string of the molecule is CC1=CCCC1N(C(=O)OC(C)(C)C)c1cc(C(C)C)co1. The maximum Gasteiger partial charge on any atom is 0.417 e. The van der Waals surface area contributed by atoms with Crippen LogP contribution in [0.5, 0.6) is 0 Å². The van der Waals surface area contributed by atoms with Gasteiger partial charge in [0.2, 0.25) is 5.88 Å². The zero-order valence-electron chi connectivity index (χ0n) is 14.5. The molecule has 4 nitrogen and oxygen atoms in total. The van der Waals surface area contributed by atoms with Gasteiger partial charge in [0.05, 0.1) is 12.3 Å². The third kappa shape index (κ3) is 3.73. The maximum absolute atomic E-state index is 12.7. The number of carbonyl (C=O) groups is 1. The molecule has 0 saturated carbocycles. The molecular formula is C18H27NO3. The van der Waals surface area contributed by atoms with Crippen molar-refractivity contribution >= 4 is 12.0 Å². The van der Waals surface area contributed by atoms with Gasteiger partial charge in [-0.3, -0.25) is 0 Å². The molecule has 0 radical (unpaired) electrons. The Bertz CT molecular complexity index is 563. The standard InChI is InChI=1S/C18H27NO3/c1-12(2)14-10-16(21-11-14)19(15-9-7-8-13(15)3)17(20)22-18(4,5)6/h8,10-12,15H,7,9H2,1-6H3. The molecule has 0 bridgehead atoms. The van der Waals surface area contributed by atoms with E-state index in [-0.39, 0.29) is 12.1 Å². The van der Waals surface area contributed by atoms with E-state index >= 15 is 0 Å². The second kappa shape index (κ2) is 6.19. The molecule has 4 heteroatoms. The van der Waals surface area contributed by atoms with Crippen LogP contribution in [0.25, 0.3) is 0 Å². The van der Waals surface area contributed by atoms with E-state index in [9.17, 15) is 4.79 Å². The maximum atomic E-state index is 12.7. The van der Waals surface area contributed by atoms with Crippen LogP contribution in [-0.2, 0) is 4.74 Å². The molecular weight excluding hydrogens is 278 g/mol. The molecule has 122 valence electrons. The molecule has 0 saturated heterocycles. The molecule has 0 aliphatic heterocycles. The van der Waals surface area contributed by atoms with E-state index in [1.165, 1.54) is 5.57 Å². The minimum absolute atomic E-state index is 0.0148. The minimum Gasteiger partial charge on any atom is -0.448 e. The van der Waals surface area contributed by atoms with Gasteiger partial charge >= 0.3 is 6.09 Å². The Kier molecular flexibility index (Phi) is 4.69. The van der Waals surface area contributed by atoms with Crippen molar-refractivity contribution in [2.45, 2.75) is 71.9 Å². The van der Waals surface area contributed by atoms with Crippen molar-refractivity contribution in [3.8, 4) is 0 Å². The summed E-state index contributed by atoms with van der Waals surface area (Å²) in [4.78, 5) is 14.4. The lowest BCUT2D eigenvalue weighted by atomic mass is 10.1. The van der Waals surface area contributed by atoms with E-state index in [4.69, 9.17) is 9.15 Å². The third-order valence-electron chi connectivity index (χ3n) is 3.84. The van der Waals surface area contributed by atoms with Crippen molar-refractivity contribution < 1.29 is 13.9 Å². The molecule has 22 heavy (non-hydrogen) atoms. The van der Waals surface area contributed by atoms with Crippen LogP contribution < -0.4 is 4.90 Å². The van der Waals surface area contributed by atoms with Crippen molar-refractivity contribution in [3.05, 3.63) is 29.5 Å². The molecule has 0 spiro atoms. The number of anilines is 1. The summed E-state index contributed by atoms with van der Waals surface area (Å²) in [7, 11) is 0. The fraction of sp³-hybridized carbons (Fsp3) is 0.611. The number of amides is 1. The van der Waals surface area contributed by atoms with Gasteiger partial charge < -0.3 is 9.15 Å². The largest absolute Gasteiger partial charge is 0.448 e. The third-order valence-corrected chi connectivity index (χ3v) is 3.84. The molecule has 1 unspecified atom stereocenters. The van der Waals surface area contributed by atoms with E-state index in [2.05, 4.69) is 26.8 Å². The number of furan rings is 1. The molecule has 1 aliphatic carbocycles. The molecule has 0 aromatic carbocycles. The van der Waals surface area contributed by atoms with E-state index in [0.717, 1.165) is 18.4 Å². The van der Waals surface area contributed by atoms with Crippen LogP contribution in [0, 0.1) is 0 Å². The first-order valence-corrected chi connectivity index (χ1v) is 7.96. The van der Waals surface area contributed by atoms with E-state index in [1.54, 1.807) is 11.2 Å². The quantitative estimate of drug-likeness (QED) is 0.716. The van der Waals surface area contributed by atoms with E-state index in [0.29, 0.717) is 11.8 Å².